The van der Waals surface area contributed by atoms with E-state index in [4.69, 9.17) is 4.42 Å². The summed E-state index contributed by atoms with van der Waals surface area (Å²) in [6.45, 7) is 1.11. The van der Waals surface area contributed by atoms with Crippen molar-refractivity contribution >= 4 is 23.5 Å². The molecule has 1 aromatic carbocycles. The van der Waals surface area contributed by atoms with Crippen LogP contribution < -0.4 is 16.0 Å². The molecule has 4 amide bonds. The van der Waals surface area contributed by atoms with Gasteiger partial charge in [-0.05, 0) is 37.1 Å². The molecule has 0 radical (unpaired) electrons. The van der Waals surface area contributed by atoms with Crippen molar-refractivity contribution in [2.45, 2.75) is 19.4 Å². The van der Waals surface area contributed by atoms with E-state index in [-0.39, 0.29) is 36.9 Å². The molecular weight excluding hydrogens is 360 g/mol. The second-order valence-electron chi connectivity index (χ2n) is 6.66. The molecule has 1 saturated heterocycles. The maximum atomic E-state index is 12.4. The minimum Gasteiger partial charge on any atom is -0.467 e. The fraction of sp³-hybridized carbons (Fsp3) is 0.350. The van der Waals surface area contributed by atoms with E-state index in [0.717, 1.165) is 6.42 Å². The largest absolute Gasteiger partial charge is 0.467 e. The van der Waals surface area contributed by atoms with E-state index in [9.17, 15) is 14.4 Å². The maximum Gasteiger partial charge on any atom is 0.321 e. The highest BCUT2D eigenvalue weighted by atomic mass is 16.3. The second kappa shape index (κ2) is 9.59. The lowest BCUT2D eigenvalue weighted by molar-refractivity contribution is -0.129. The molecule has 1 aliphatic heterocycles. The third-order valence-electron chi connectivity index (χ3n) is 4.57. The minimum absolute atomic E-state index is 0.105. The van der Waals surface area contributed by atoms with Crippen molar-refractivity contribution in [3.8, 4) is 0 Å². The second-order valence-corrected chi connectivity index (χ2v) is 6.66. The molecule has 0 aliphatic carbocycles. The summed E-state index contributed by atoms with van der Waals surface area (Å²) in [7, 11) is 0. The van der Waals surface area contributed by atoms with Crippen LogP contribution in [-0.4, -0.2) is 42.4 Å². The number of rotatable bonds is 6. The molecule has 8 nitrogen and oxygen atoms in total. The van der Waals surface area contributed by atoms with Gasteiger partial charge in [-0.25, -0.2) is 4.79 Å². The normalized spacial score (nSPS) is 16.3. The number of urea groups is 1. The topological polar surface area (TPSA) is 104 Å². The molecule has 0 spiro atoms. The smallest absolute Gasteiger partial charge is 0.321 e. The lowest BCUT2D eigenvalue weighted by Crippen LogP contribution is -2.48. The number of furan rings is 1. The van der Waals surface area contributed by atoms with Crippen LogP contribution >= 0.6 is 0 Å². The van der Waals surface area contributed by atoms with E-state index in [2.05, 4.69) is 16.0 Å². The summed E-state index contributed by atoms with van der Waals surface area (Å²) in [5.74, 6) is -0.190. The van der Waals surface area contributed by atoms with Crippen molar-refractivity contribution in [1.82, 2.24) is 15.5 Å². The van der Waals surface area contributed by atoms with Crippen LogP contribution in [0.1, 0.15) is 18.6 Å². The van der Waals surface area contributed by atoms with Gasteiger partial charge >= 0.3 is 6.03 Å². The molecule has 3 rings (SSSR count). The molecule has 2 aromatic rings. The average Bonchev–Trinajstić information content (AvgIpc) is 3.25. The van der Waals surface area contributed by atoms with Crippen LogP contribution in [0.15, 0.2) is 53.1 Å². The van der Waals surface area contributed by atoms with E-state index in [1.807, 2.05) is 30.3 Å². The van der Waals surface area contributed by atoms with Crippen LogP contribution in [0.5, 0.6) is 0 Å². The number of piperidine rings is 1. The number of likely N-dealkylation sites (tertiary alicyclic amines) is 1. The number of nitrogens with zero attached hydrogens (tertiary/aromatic N) is 1. The Morgan fingerprint density at radius 1 is 1.07 bits per heavy atom. The van der Waals surface area contributed by atoms with Gasteiger partial charge in [-0.1, -0.05) is 18.2 Å². The van der Waals surface area contributed by atoms with Crippen molar-refractivity contribution in [3.63, 3.8) is 0 Å². The standard InChI is InChI=1S/C20H24N4O4/c25-18(21-12-17-9-5-11-28-17)13-22-19(26)15-6-4-10-24(14-15)20(27)23-16-7-2-1-3-8-16/h1-3,5,7-9,11,15H,4,6,10,12-14H2,(H,21,25)(H,22,26)(H,23,27)/t15-/m0/s1. The SMILES string of the molecule is O=C(CNC(=O)[C@H]1CCCN(C(=O)Nc2ccccc2)C1)NCc1ccco1. The molecule has 0 saturated carbocycles. The molecule has 0 unspecified atom stereocenters. The third kappa shape index (κ3) is 5.60. The first-order valence-corrected chi connectivity index (χ1v) is 9.29. The first kappa shape index (κ1) is 19.5. The number of hydrogen-bond acceptors (Lipinski definition) is 4. The van der Waals surface area contributed by atoms with Gasteiger partial charge in [0.25, 0.3) is 0 Å². The number of anilines is 1. The Kier molecular flexibility index (Phi) is 6.67. The Morgan fingerprint density at radius 2 is 1.89 bits per heavy atom. The van der Waals surface area contributed by atoms with Crippen molar-refractivity contribution < 1.29 is 18.8 Å². The third-order valence-corrected chi connectivity index (χ3v) is 4.57. The zero-order valence-corrected chi connectivity index (χ0v) is 15.5. The Bertz CT molecular complexity index is 792. The molecule has 28 heavy (non-hydrogen) atoms. The van der Waals surface area contributed by atoms with Gasteiger partial charge in [-0.2, -0.15) is 0 Å². The van der Waals surface area contributed by atoms with E-state index in [1.54, 1.807) is 17.0 Å². The summed E-state index contributed by atoms with van der Waals surface area (Å²) in [5, 5.41) is 8.16. The first-order chi connectivity index (χ1) is 13.6. The summed E-state index contributed by atoms with van der Waals surface area (Å²) >= 11 is 0. The predicted molar refractivity (Wildman–Crippen MR) is 103 cm³/mol. The van der Waals surface area contributed by atoms with Gasteiger partial charge in [0.15, 0.2) is 0 Å². The van der Waals surface area contributed by atoms with E-state index < -0.39 is 0 Å². The van der Waals surface area contributed by atoms with Crippen LogP contribution in [0.2, 0.25) is 0 Å². The van der Waals surface area contributed by atoms with Crippen LogP contribution in [0.25, 0.3) is 0 Å². The van der Waals surface area contributed by atoms with E-state index >= 15 is 0 Å². The number of carbonyl (C=O) groups excluding carboxylic acids is 3. The molecule has 1 aliphatic rings. The zero-order chi connectivity index (χ0) is 19.8. The van der Waals surface area contributed by atoms with E-state index in [1.165, 1.54) is 6.26 Å². The highest BCUT2D eigenvalue weighted by Crippen LogP contribution is 2.18. The fourth-order valence-electron chi connectivity index (χ4n) is 3.07. The summed E-state index contributed by atoms with van der Waals surface area (Å²) in [6, 6.07) is 12.5. The van der Waals surface area contributed by atoms with Gasteiger partial charge in [-0.3, -0.25) is 9.59 Å². The maximum absolute atomic E-state index is 12.4. The van der Waals surface area contributed by atoms with Crippen molar-refractivity contribution in [2.24, 2.45) is 5.92 Å². The molecule has 148 valence electrons. The van der Waals surface area contributed by atoms with Crippen LogP contribution in [-0.2, 0) is 16.1 Å². The quantitative estimate of drug-likeness (QED) is 0.708. The summed E-state index contributed by atoms with van der Waals surface area (Å²) in [5.41, 5.74) is 0.715. The molecule has 1 fully saturated rings. The number of benzene rings is 1. The van der Waals surface area contributed by atoms with Gasteiger partial charge in [0, 0.05) is 18.8 Å². The lowest BCUT2D eigenvalue weighted by atomic mass is 9.97. The van der Waals surface area contributed by atoms with Crippen molar-refractivity contribution in [3.05, 3.63) is 54.5 Å². The Hall–Kier alpha value is -3.29. The van der Waals surface area contributed by atoms with Crippen LogP contribution in [0, 0.1) is 5.92 Å². The highest BCUT2D eigenvalue weighted by Gasteiger charge is 2.28. The fourth-order valence-corrected chi connectivity index (χ4v) is 3.07. The first-order valence-electron chi connectivity index (χ1n) is 9.29. The van der Waals surface area contributed by atoms with Gasteiger partial charge in [0.1, 0.15) is 5.76 Å². The summed E-state index contributed by atoms with van der Waals surface area (Å²) < 4.78 is 5.14. The van der Waals surface area contributed by atoms with Gasteiger partial charge in [-0.15, -0.1) is 0 Å². The highest BCUT2D eigenvalue weighted by molar-refractivity contribution is 5.90. The molecule has 1 aromatic heterocycles. The van der Waals surface area contributed by atoms with Crippen molar-refractivity contribution in [1.29, 1.82) is 0 Å². The lowest BCUT2D eigenvalue weighted by Gasteiger charge is -2.32. The molecule has 8 heteroatoms. The molecule has 1 atom stereocenters. The molecule has 2 heterocycles. The zero-order valence-electron chi connectivity index (χ0n) is 15.5. The molecule has 0 bridgehead atoms. The summed E-state index contributed by atoms with van der Waals surface area (Å²) in [6.07, 6.45) is 2.96. The van der Waals surface area contributed by atoms with Crippen LogP contribution in [0.3, 0.4) is 0 Å². The predicted octanol–water partition coefficient (Wildman–Crippen LogP) is 1.96. The van der Waals surface area contributed by atoms with Gasteiger partial charge < -0.3 is 25.3 Å². The number of nitrogens with one attached hydrogen (secondary N) is 3. The van der Waals surface area contributed by atoms with Crippen LogP contribution in [0.4, 0.5) is 10.5 Å². The Morgan fingerprint density at radius 3 is 2.64 bits per heavy atom. The molecular formula is C20H24N4O4. The Labute approximate surface area is 163 Å². The number of amides is 4. The van der Waals surface area contributed by atoms with E-state index in [0.29, 0.717) is 31.0 Å². The Balaban J connectivity index is 1.42. The van der Waals surface area contributed by atoms with Crippen molar-refractivity contribution in [2.75, 3.05) is 25.0 Å². The number of carbonyl (C=O) groups is 3. The number of hydrogen-bond donors (Lipinski definition) is 3. The molecule has 3 N–H and O–H groups in total. The average molecular weight is 384 g/mol. The van der Waals surface area contributed by atoms with Gasteiger partial charge in [0.2, 0.25) is 11.8 Å². The minimum atomic E-state index is -0.326. The summed E-state index contributed by atoms with van der Waals surface area (Å²) in [4.78, 5) is 38.3. The monoisotopic (exact) mass is 384 g/mol. The number of para-hydroxylation sites is 1. The van der Waals surface area contributed by atoms with Gasteiger partial charge in [0.05, 0.1) is 25.3 Å².